The van der Waals surface area contributed by atoms with Crippen molar-refractivity contribution in [3.63, 3.8) is 0 Å². The van der Waals surface area contributed by atoms with Gasteiger partial charge in [-0.3, -0.25) is 0 Å². The van der Waals surface area contributed by atoms with Crippen LogP contribution in [0.4, 0.5) is 0 Å². The summed E-state index contributed by atoms with van der Waals surface area (Å²) in [5, 5.41) is 4.32. The first-order chi connectivity index (χ1) is 9.02. The molecule has 1 unspecified atom stereocenters. The SMILES string of the molecule is Cc1ccc2sc(CNC3CCS(=O)(=O)C3)nc2c1. The van der Waals surface area contributed by atoms with Gasteiger partial charge in [0.05, 0.1) is 21.7 Å². The zero-order valence-electron chi connectivity index (χ0n) is 10.7. The number of rotatable bonds is 3. The molecule has 0 radical (unpaired) electrons. The zero-order valence-corrected chi connectivity index (χ0v) is 12.4. The van der Waals surface area contributed by atoms with Crippen LogP contribution in [-0.4, -0.2) is 30.9 Å². The van der Waals surface area contributed by atoms with Gasteiger partial charge in [-0.15, -0.1) is 11.3 Å². The fourth-order valence-corrected chi connectivity index (χ4v) is 4.95. The van der Waals surface area contributed by atoms with Crippen LogP contribution in [0.15, 0.2) is 18.2 Å². The lowest BCUT2D eigenvalue weighted by Crippen LogP contribution is -2.29. The summed E-state index contributed by atoms with van der Waals surface area (Å²) in [7, 11) is -2.81. The van der Waals surface area contributed by atoms with Crippen LogP contribution >= 0.6 is 11.3 Å². The number of sulfone groups is 1. The fraction of sp³-hybridized carbons (Fsp3) is 0.462. The largest absolute Gasteiger partial charge is 0.307 e. The molecule has 4 nitrogen and oxygen atoms in total. The van der Waals surface area contributed by atoms with Gasteiger partial charge in [-0.25, -0.2) is 13.4 Å². The van der Waals surface area contributed by atoms with Crippen LogP contribution in [0.25, 0.3) is 10.2 Å². The Bertz CT molecular complexity index is 707. The van der Waals surface area contributed by atoms with Crippen LogP contribution < -0.4 is 5.32 Å². The van der Waals surface area contributed by atoms with Crippen molar-refractivity contribution >= 4 is 31.4 Å². The average molecular weight is 296 g/mol. The maximum absolute atomic E-state index is 11.4. The highest BCUT2D eigenvalue weighted by Gasteiger charge is 2.27. The second-order valence-corrected chi connectivity index (χ2v) is 8.40. The number of aromatic nitrogens is 1. The third-order valence-corrected chi connectivity index (χ3v) is 6.17. The van der Waals surface area contributed by atoms with Gasteiger partial charge < -0.3 is 5.32 Å². The van der Waals surface area contributed by atoms with E-state index in [1.165, 1.54) is 10.3 Å². The summed E-state index contributed by atoms with van der Waals surface area (Å²) in [6.07, 6.45) is 0.715. The molecule has 1 saturated heterocycles. The number of benzene rings is 1. The van der Waals surface area contributed by atoms with Crippen LogP contribution in [-0.2, 0) is 16.4 Å². The van der Waals surface area contributed by atoms with Crippen molar-refractivity contribution in [2.24, 2.45) is 0 Å². The van der Waals surface area contributed by atoms with Crippen LogP contribution in [0.5, 0.6) is 0 Å². The molecule has 0 saturated carbocycles. The van der Waals surface area contributed by atoms with Gasteiger partial charge in [0.2, 0.25) is 0 Å². The standard InChI is InChI=1S/C13H16N2O2S2/c1-9-2-3-12-11(6-9)15-13(18-12)7-14-10-4-5-19(16,17)8-10/h2-3,6,10,14H,4-5,7-8H2,1H3. The Kier molecular flexibility index (Phi) is 3.32. The van der Waals surface area contributed by atoms with E-state index in [0.29, 0.717) is 18.7 Å². The molecule has 0 aliphatic carbocycles. The first-order valence-electron chi connectivity index (χ1n) is 6.32. The molecule has 0 spiro atoms. The Balaban J connectivity index is 1.69. The van der Waals surface area contributed by atoms with E-state index < -0.39 is 9.84 Å². The molecule has 0 amide bonds. The summed E-state index contributed by atoms with van der Waals surface area (Å²) in [5.41, 5.74) is 2.24. The van der Waals surface area contributed by atoms with Gasteiger partial charge in [-0.05, 0) is 31.0 Å². The van der Waals surface area contributed by atoms with Crippen molar-refractivity contribution in [2.45, 2.75) is 25.9 Å². The van der Waals surface area contributed by atoms with Gasteiger partial charge in [0.1, 0.15) is 5.01 Å². The average Bonchev–Trinajstić information content (AvgIpc) is 2.89. The van der Waals surface area contributed by atoms with Crippen molar-refractivity contribution in [1.82, 2.24) is 10.3 Å². The molecule has 3 rings (SSSR count). The maximum Gasteiger partial charge on any atom is 0.151 e. The Morgan fingerprint density at radius 1 is 1.47 bits per heavy atom. The lowest BCUT2D eigenvalue weighted by Gasteiger charge is -2.07. The van der Waals surface area contributed by atoms with Gasteiger partial charge >= 0.3 is 0 Å². The lowest BCUT2D eigenvalue weighted by atomic mass is 10.2. The van der Waals surface area contributed by atoms with E-state index in [0.717, 1.165) is 10.5 Å². The Labute approximate surface area is 116 Å². The van der Waals surface area contributed by atoms with Crippen LogP contribution in [0.2, 0.25) is 0 Å². The van der Waals surface area contributed by atoms with Crippen molar-refractivity contribution in [3.8, 4) is 0 Å². The van der Waals surface area contributed by atoms with Crippen LogP contribution in [0, 0.1) is 6.92 Å². The minimum Gasteiger partial charge on any atom is -0.307 e. The van der Waals surface area contributed by atoms with Crippen LogP contribution in [0.1, 0.15) is 17.0 Å². The minimum atomic E-state index is -2.81. The summed E-state index contributed by atoms with van der Waals surface area (Å²) in [6.45, 7) is 2.71. The summed E-state index contributed by atoms with van der Waals surface area (Å²) in [6, 6.07) is 6.33. The highest BCUT2D eigenvalue weighted by atomic mass is 32.2. The number of aryl methyl sites for hydroxylation is 1. The molecule has 0 bridgehead atoms. The Hall–Kier alpha value is -0.980. The van der Waals surface area contributed by atoms with Gasteiger partial charge in [0.25, 0.3) is 0 Å². The minimum absolute atomic E-state index is 0.0822. The van der Waals surface area contributed by atoms with E-state index in [4.69, 9.17) is 0 Å². The predicted molar refractivity (Wildman–Crippen MR) is 78.3 cm³/mol. The van der Waals surface area contributed by atoms with Gasteiger partial charge in [0, 0.05) is 12.6 Å². The molecule has 102 valence electrons. The first-order valence-corrected chi connectivity index (χ1v) is 8.95. The third kappa shape index (κ3) is 2.96. The molecular formula is C13H16N2O2S2. The van der Waals surface area contributed by atoms with E-state index in [-0.39, 0.29) is 11.8 Å². The highest BCUT2D eigenvalue weighted by molar-refractivity contribution is 7.91. The quantitative estimate of drug-likeness (QED) is 0.939. The molecule has 19 heavy (non-hydrogen) atoms. The first kappa shape index (κ1) is 13.0. The van der Waals surface area contributed by atoms with Crippen molar-refractivity contribution in [1.29, 1.82) is 0 Å². The summed E-state index contributed by atoms with van der Waals surface area (Å²) in [5.74, 6) is 0.570. The summed E-state index contributed by atoms with van der Waals surface area (Å²) < 4.78 is 23.9. The molecule has 1 aliphatic rings. The van der Waals surface area contributed by atoms with E-state index in [1.807, 2.05) is 0 Å². The summed E-state index contributed by atoms with van der Waals surface area (Å²) in [4.78, 5) is 4.58. The number of hydrogen-bond donors (Lipinski definition) is 1. The summed E-state index contributed by atoms with van der Waals surface area (Å²) >= 11 is 1.67. The molecule has 2 heterocycles. The third-order valence-electron chi connectivity index (χ3n) is 3.36. The second-order valence-electron chi connectivity index (χ2n) is 5.06. The van der Waals surface area contributed by atoms with Crippen molar-refractivity contribution in [2.75, 3.05) is 11.5 Å². The molecule has 6 heteroatoms. The molecule has 1 N–H and O–H groups in total. The maximum atomic E-state index is 11.4. The highest BCUT2D eigenvalue weighted by Crippen LogP contribution is 2.23. The smallest absolute Gasteiger partial charge is 0.151 e. The molecule has 1 fully saturated rings. The van der Waals surface area contributed by atoms with E-state index in [9.17, 15) is 8.42 Å². The fourth-order valence-electron chi connectivity index (χ4n) is 2.35. The van der Waals surface area contributed by atoms with E-state index in [1.54, 1.807) is 11.3 Å². The monoisotopic (exact) mass is 296 g/mol. The zero-order chi connectivity index (χ0) is 13.5. The number of fused-ring (bicyclic) bond motifs is 1. The van der Waals surface area contributed by atoms with Gasteiger partial charge in [-0.1, -0.05) is 6.07 Å². The number of hydrogen-bond acceptors (Lipinski definition) is 5. The van der Waals surface area contributed by atoms with Crippen molar-refractivity contribution < 1.29 is 8.42 Å². The number of nitrogens with zero attached hydrogens (tertiary/aromatic N) is 1. The van der Waals surface area contributed by atoms with E-state index >= 15 is 0 Å². The number of nitrogens with one attached hydrogen (secondary N) is 1. The van der Waals surface area contributed by atoms with Gasteiger partial charge in [-0.2, -0.15) is 0 Å². The Morgan fingerprint density at radius 3 is 3.05 bits per heavy atom. The molecule has 2 aromatic rings. The molecule has 1 aliphatic heterocycles. The molecule has 1 atom stereocenters. The second kappa shape index (κ2) is 4.85. The predicted octanol–water partition coefficient (Wildman–Crippen LogP) is 1.88. The van der Waals surface area contributed by atoms with Crippen LogP contribution in [0.3, 0.4) is 0 Å². The lowest BCUT2D eigenvalue weighted by molar-refractivity contribution is 0.553. The van der Waals surface area contributed by atoms with Crippen molar-refractivity contribution in [3.05, 3.63) is 28.8 Å². The molecular weight excluding hydrogens is 280 g/mol. The Morgan fingerprint density at radius 2 is 2.32 bits per heavy atom. The van der Waals surface area contributed by atoms with E-state index in [2.05, 4.69) is 35.4 Å². The van der Waals surface area contributed by atoms with Gasteiger partial charge in [0.15, 0.2) is 9.84 Å². The normalized spacial score (nSPS) is 22.1. The number of thiazole rings is 1. The molecule has 1 aromatic heterocycles. The molecule has 1 aromatic carbocycles. The topological polar surface area (TPSA) is 59.1 Å².